The standard InChI is InChI=1S/C16H21N5/c1-3-6-14-18-8-10-21(14)16-13(11-12(2)17)20-9-5-4-7-15(20)19-16/h4-5,7-10,12H,3,6,11,17H2,1-2H3. The third kappa shape index (κ3) is 2.56. The fourth-order valence-electron chi connectivity index (χ4n) is 2.66. The summed E-state index contributed by atoms with van der Waals surface area (Å²) in [6.07, 6.45) is 8.65. The predicted molar refractivity (Wildman–Crippen MR) is 83.7 cm³/mol. The smallest absolute Gasteiger partial charge is 0.160 e. The summed E-state index contributed by atoms with van der Waals surface area (Å²) >= 11 is 0. The minimum Gasteiger partial charge on any atom is -0.328 e. The van der Waals surface area contributed by atoms with Crippen LogP contribution in [0.15, 0.2) is 36.8 Å². The van der Waals surface area contributed by atoms with Crippen LogP contribution in [0, 0.1) is 0 Å². The largest absolute Gasteiger partial charge is 0.328 e. The molecule has 0 saturated carbocycles. The van der Waals surface area contributed by atoms with E-state index in [1.54, 1.807) is 0 Å². The van der Waals surface area contributed by atoms with Crippen molar-refractivity contribution < 1.29 is 0 Å². The molecule has 3 heterocycles. The van der Waals surface area contributed by atoms with Gasteiger partial charge < -0.3 is 10.1 Å². The van der Waals surface area contributed by atoms with Crippen molar-refractivity contribution in [1.29, 1.82) is 0 Å². The van der Waals surface area contributed by atoms with Crippen LogP contribution in [-0.2, 0) is 12.8 Å². The van der Waals surface area contributed by atoms with E-state index in [1.165, 1.54) is 0 Å². The van der Waals surface area contributed by atoms with E-state index < -0.39 is 0 Å². The van der Waals surface area contributed by atoms with Gasteiger partial charge in [0.1, 0.15) is 11.5 Å². The third-order valence-electron chi connectivity index (χ3n) is 3.54. The number of aromatic nitrogens is 4. The van der Waals surface area contributed by atoms with Gasteiger partial charge in [-0.25, -0.2) is 9.97 Å². The molecule has 21 heavy (non-hydrogen) atoms. The van der Waals surface area contributed by atoms with E-state index in [4.69, 9.17) is 10.7 Å². The SMILES string of the molecule is CCCc1nccn1-c1nc2ccccn2c1CC(C)N. The molecular weight excluding hydrogens is 262 g/mol. The Morgan fingerprint density at radius 1 is 1.29 bits per heavy atom. The maximum Gasteiger partial charge on any atom is 0.160 e. The minimum atomic E-state index is 0.0852. The van der Waals surface area contributed by atoms with Crippen LogP contribution in [-0.4, -0.2) is 25.0 Å². The summed E-state index contributed by atoms with van der Waals surface area (Å²) in [6.45, 7) is 4.18. The molecule has 0 fully saturated rings. The molecule has 1 atom stereocenters. The van der Waals surface area contributed by atoms with Crippen molar-refractivity contribution in [1.82, 2.24) is 18.9 Å². The van der Waals surface area contributed by atoms with Gasteiger partial charge in [0.15, 0.2) is 5.82 Å². The molecule has 3 aromatic heterocycles. The normalized spacial score (nSPS) is 12.9. The highest BCUT2D eigenvalue weighted by Gasteiger charge is 2.17. The van der Waals surface area contributed by atoms with Gasteiger partial charge in [-0.15, -0.1) is 0 Å². The minimum absolute atomic E-state index is 0.0852. The first-order valence-corrected chi connectivity index (χ1v) is 7.44. The summed E-state index contributed by atoms with van der Waals surface area (Å²) in [6, 6.07) is 6.12. The summed E-state index contributed by atoms with van der Waals surface area (Å²) < 4.78 is 4.21. The van der Waals surface area contributed by atoms with E-state index >= 15 is 0 Å². The van der Waals surface area contributed by atoms with Gasteiger partial charge in [-0.3, -0.25) is 4.57 Å². The van der Waals surface area contributed by atoms with Crippen LogP contribution in [0.25, 0.3) is 11.5 Å². The Labute approximate surface area is 124 Å². The molecule has 3 rings (SSSR count). The molecule has 2 N–H and O–H groups in total. The Hall–Kier alpha value is -2.14. The molecule has 5 heteroatoms. The van der Waals surface area contributed by atoms with Crippen LogP contribution in [0.3, 0.4) is 0 Å². The second-order valence-corrected chi connectivity index (χ2v) is 5.46. The number of fused-ring (bicyclic) bond motifs is 1. The van der Waals surface area contributed by atoms with Crippen molar-refractivity contribution in [3.05, 3.63) is 48.3 Å². The quantitative estimate of drug-likeness (QED) is 0.782. The van der Waals surface area contributed by atoms with Crippen LogP contribution >= 0.6 is 0 Å². The molecule has 1 unspecified atom stereocenters. The lowest BCUT2D eigenvalue weighted by molar-refractivity contribution is 0.706. The molecule has 0 aliphatic carbocycles. The van der Waals surface area contributed by atoms with E-state index in [-0.39, 0.29) is 6.04 Å². The summed E-state index contributed by atoms with van der Waals surface area (Å²) in [5.41, 5.74) is 8.11. The lowest BCUT2D eigenvalue weighted by atomic mass is 10.2. The number of nitrogens with two attached hydrogens (primary N) is 1. The number of rotatable bonds is 5. The monoisotopic (exact) mass is 283 g/mol. The average molecular weight is 283 g/mol. The first kappa shape index (κ1) is 13.8. The molecule has 0 radical (unpaired) electrons. The molecule has 3 aromatic rings. The highest BCUT2D eigenvalue weighted by atomic mass is 15.2. The van der Waals surface area contributed by atoms with Crippen molar-refractivity contribution >= 4 is 5.65 Å². The molecule has 5 nitrogen and oxygen atoms in total. The summed E-state index contributed by atoms with van der Waals surface area (Å²) in [5, 5.41) is 0. The molecule has 0 amide bonds. The van der Waals surface area contributed by atoms with E-state index in [0.717, 1.165) is 42.2 Å². The molecule has 110 valence electrons. The number of nitrogens with zero attached hydrogens (tertiary/aromatic N) is 4. The fourth-order valence-corrected chi connectivity index (χ4v) is 2.66. The predicted octanol–water partition coefficient (Wildman–Crippen LogP) is 2.36. The van der Waals surface area contributed by atoms with Crippen molar-refractivity contribution in [2.24, 2.45) is 5.73 Å². The van der Waals surface area contributed by atoms with Crippen molar-refractivity contribution in [2.75, 3.05) is 0 Å². The van der Waals surface area contributed by atoms with E-state index in [0.29, 0.717) is 0 Å². The van der Waals surface area contributed by atoms with Gasteiger partial charge in [0, 0.05) is 37.5 Å². The van der Waals surface area contributed by atoms with Gasteiger partial charge >= 0.3 is 0 Å². The lowest BCUT2D eigenvalue weighted by Gasteiger charge is -2.10. The van der Waals surface area contributed by atoms with Crippen molar-refractivity contribution in [3.8, 4) is 5.82 Å². The summed E-state index contributed by atoms with van der Waals surface area (Å²) in [7, 11) is 0. The van der Waals surface area contributed by atoms with Gasteiger partial charge in [0.05, 0.1) is 5.69 Å². The van der Waals surface area contributed by atoms with Gasteiger partial charge in [0.2, 0.25) is 0 Å². The maximum absolute atomic E-state index is 6.03. The van der Waals surface area contributed by atoms with Crippen LogP contribution in [0.1, 0.15) is 31.8 Å². The van der Waals surface area contributed by atoms with Crippen LogP contribution in [0.5, 0.6) is 0 Å². The van der Waals surface area contributed by atoms with Gasteiger partial charge in [0.25, 0.3) is 0 Å². The second-order valence-electron chi connectivity index (χ2n) is 5.46. The van der Waals surface area contributed by atoms with Crippen LogP contribution in [0.4, 0.5) is 0 Å². The summed E-state index contributed by atoms with van der Waals surface area (Å²) in [5.74, 6) is 1.99. The zero-order valence-corrected chi connectivity index (χ0v) is 12.5. The molecule has 0 aliphatic heterocycles. The number of hydrogen-bond acceptors (Lipinski definition) is 3. The molecule has 0 spiro atoms. The Bertz CT molecular complexity index is 738. The fraction of sp³-hybridized carbons (Fsp3) is 0.375. The van der Waals surface area contributed by atoms with Gasteiger partial charge in [-0.2, -0.15) is 0 Å². The summed E-state index contributed by atoms with van der Waals surface area (Å²) in [4.78, 5) is 9.24. The number of imidazole rings is 2. The Morgan fingerprint density at radius 2 is 2.14 bits per heavy atom. The van der Waals surface area contributed by atoms with E-state index in [2.05, 4.69) is 20.9 Å². The second kappa shape index (κ2) is 5.69. The van der Waals surface area contributed by atoms with Gasteiger partial charge in [-0.1, -0.05) is 13.0 Å². The first-order valence-electron chi connectivity index (χ1n) is 7.44. The van der Waals surface area contributed by atoms with E-state index in [1.807, 2.05) is 43.7 Å². The lowest BCUT2D eigenvalue weighted by Crippen LogP contribution is -2.20. The highest BCUT2D eigenvalue weighted by Crippen LogP contribution is 2.20. The average Bonchev–Trinajstić information content (AvgIpc) is 3.04. The maximum atomic E-state index is 6.03. The van der Waals surface area contributed by atoms with Crippen LogP contribution < -0.4 is 5.73 Å². The molecule has 0 aromatic carbocycles. The Morgan fingerprint density at radius 3 is 2.90 bits per heavy atom. The molecule has 0 aliphatic rings. The Balaban J connectivity index is 2.18. The molecule has 0 saturated heterocycles. The van der Waals surface area contributed by atoms with Gasteiger partial charge in [-0.05, 0) is 25.5 Å². The van der Waals surface area contributed by atoms with Crippen molar-refractivity contribution in [2.45, 2.75) is 39.2 Å². The zero-order valence-electron chi connectivity index (χ0n) is 12.5. The molecule has 0 bridgehead atoms. The van der Waals surface area contributed by atoms with E-state index in [9.17, 15) is 0 Å². The molecular formula is C16H21N5. The number of aryl methyl sites for hydroxylation is 1. The number of hydrogen-bond donors (Lipinski definition) is 1. The Kier molecular flexibility index (Phi) is 3.75. The zero-order chi connectivity index (χ0) is 14.8. The highest BCUT2D eigenvalue weighted by molar-refractivity contribution is 5.49. The number of pyridine rings is 1. The van der Waals surface area contributed by atoms with Crippen molar-refractivity contribution in [3.63, 3.8) is 0 Å². The third-order valence-corrected chi connectivity index (χ3v) is 3.54. The van der Waals surface area contributed by atoms with Crippen LogP contribution in [0.2, 0.25) is 0 Å². The topological polar surface area (TPSA) is 61.1 Å². The first-order chi connectivity index (χ1) is 10.2.